The van der Waals surface area contributed by atoms with E-state index in [9.17, 15) is 8.78 Å². The summed E-state index contributed by atoms with van der Waals surface area (Å²) in [5.74, 6) is -1.94. The van der Waals surface area contributed by atoms with Crippen LogP contribution in [0.3, 0.4) is 0 Å². The van der Waals surface area contributed by atoms with E-state index in [1.165, 1.54) is 6.26 Å². The number of hydrogen-bond donors (Lipinski definition) is 0. The predicted octanol–water partition coefficient (Wildman–Crippen LogP) is 3.54. The molecule has 0 saturated carbocycles. The number of hydrogen-bond acceptors (Lipinski definition) is 2. The third kappa shape index (κ3) is 1.51. The van der Waals surface area contributed by atoms with E-state index in [0.717, 1.165) is 6.07 Å². The van der Waals surface area contributed by atoms with E-state index in [2.05, 4.69) is 15.9 Å². The molecule has 5 heteroatoms. The minimum Gasteiger partial charge on any atom is -0.463 e. The molecule has 0 atom stereocenters. The van der Waals surface area contributed by atoms with Gasteiger partial charge in [-0.15, -0.1) is 0 Å². The maximum Gasteiger partial charge on any atom is 0.170 e. The highest BCUT2D eigenvalue weighted by Crippen LogP contribution is 2.32. The first-order chi connectivity index (χ1) is 7.15. The zero-order chi connectivity index (χ0) is 11.0. The van der Waals surface area contributed by atoms with Crippen molar-refractivity contribution in [3.63, 3.8) is 0 Å². The van der Waals surface area contributed by atoms with Crippen LogP contribution in [-0.2, 0) is 6.42 Å². The summed E-state index contributed by atoms with van der Waals surface area (Å²) >= 11 is 3.06. The van der Waals surface area contributed by atoms with Crippen LogP contribution in [0, 0.1) is 23.0 Å². The van der Waals surface area contributed by atoms with Crippen LogP contribution in [0.15, 0.2) is 21.2 Å². The van der Waals surface area contributed by atoms with E-state index in [0.29, 0.717) is 10.0 Å². The van der Waals surface area contributed by atoms with Crippen LogP contribution >= 0.6 is 15.9 Å². The number of furan rings is 1. The van der Waals surface area contributed by atoms with Crippen molar-refractivity contribution in [1.29, 1.82) is 5.26 Å². The highest BCUT2D eigenvalue weighted by atomic mass is 79.9. The van der Waals surface area contributed by atoms with Gasteiger partial charge in [-0.2, -0.15) is 5.26 Å². The molecular formula is C10H4BrF2NO. The average molecular weight is 272 g/mol. The Balaban J connectivity index is 2.84. The lowest BCUT2D eigenvalue weighted by molar-refractivity contribution is 0.514. The maximum absolute atomic E-state index is 13.4. The molecule has 0 N–H and O–H groups in total. The van der Waals surface area contributed by atoms with Gasteiger partial charge in [-0.05, 0) is 22.0 Å². The summed E-state index contributed by atoms with van der Waals surface area (Å²) in [6, 6.07) is 2.86. The fourth-order valence-electron chi connectivity index (χ4n) is 1.38. The topological polar surface area (TPSA) is 36.9 Å². The van der Waals surface area contributed by atoms with Crippen molar-refractivity contribution in [2.24, 2.45) is 0 Å². The lowest BCUT2D eigenvalue weighted by Crippen LogP contribution is -1.88. The van der Waals surface area contributed by atoms with Crippen LogP contribution in [0.2, 0.25) is 0 Å². The molecule has 1 aromatic carbocycles. The molecule has 1 aromatic heterocycles. The van der Waals surface area contributed by atoms with Gasteiger partial charge >= 0.3 is 0 Å². The van der Waals surface area contributed by atoms with Crippen LogP contribution in [-0.4, -0.2) is 0 Å². The second-order valence-corrected chi connectivity index (χ2v) is 3.81. The third-order valence-corrected chi connectivity index (χ3v) is 2.63. The van der Waals surface area contributed by atoms with Crippen molar-refractivity contribution < 1.29 is 13.2 Å². The first-order valence-electron chi connectivity index (χ1n) is 4.05. The molecule has 0 aliphatic rings. The molecule has 15 heavy (non-hydrogen) atoms. The first-order valence-corrected chi connectivity index (χ1v) is 4.85. The fourth-order valence-corrected chi connectivity index (χ4v) is 1.88. The lowest BCUT2D eigenvalue weighted by atomic mass is 10.1. The summed E-state index contributed by atoms with van der Waals surface area (Å²) in [6.07, 6.45) is 1.25. The number of benzene rings is 1. The zero-order valence-corrected chi connectivity index (χ0v) is 8.94. The SMILES string of the molecule is N#CCc1coc2c(Br)cc(F)c(F)c12. The largest absolute Gasteiger partial charge is 0.463 e. The number of fused-ring (bicyclic) bond motifs is 1. The van der Waals surface area contributed by atoms with Gasteiger partial charge < -0.3 is 4.42 Å². The highest BCUT2D eigenvalue weighted by Gasteiger charge is 2.17. The average Bonchev–Trinajstić information content (AvgIpc) is 2.60. The number of rotatable bonds is 1. The van der Waals surface area contributed by atoms with Gasteiger partial charge in [0.1, 0.15) is 0 Å². The Morgan fingerprint density at radius 3 is 2.87 bits per heavy atom. The molecule has 1 heterocycles. The van der Waals surface area contributed by atoms with Gasteiger partial charge in [-0.3, -0.25) is 0 Å². The van der Waals surface area contributed by atoms with E-state index in [1.807, 2.05) is 6.07 Å². The Morgan fingerprint density at radius 2 is 2.20 bits per heavy atom. The summed E-state index contributed by atoms with van der Waals surface area (Å²) in [5, 5.41) is 8.54. The van der Waals surface area contributed by atoms with Gasteiger partial charge in [0, 0.05) is 5.56 Å². The summed E-state index contributed by atoms with van der Waals surface area (Å²) in [4.78, 5) is 0. The second-order valence-electron chi connectivity index (χ2n) is 2.95. The monoisotopic (exact) mass is 271 g/mol. The Kier molecular flexibility index (Phi) is 2.45. The summed E-state index contributed by atoms with van der Waals surface area (Å²) in [7, 11) is 0. The van der Waals surface area contributed by atoms with Crippen molar-refractivity contribution in [1.82, 2.24) is 0 Å². The van der Waals surface area contributed by atoms with Crippen molar-refractivity contribution in [2.45, 2.75) is 6.42 Å². The van der Waals surface area contributed by atoms with E-state index in [4.69, 9.17) is 9.68 Å². The van der Waals surface area contributed by atoms with Crippen molar-refractivity contribution in [3.05, 3.63) is 34.0 Å². The van der Waals surface area contributed by atoms with Crippen molar-refractivity contribution in [2.75, 3.05) is 0 Å². The number of nitriles is 1. The van der Waals surface area contributed by atoms with Crippen LogP contribution in [0.25, 0.3) is 11.0 Å². The summed E-state index contributed by atoms with van der Waals surface area (Å²) in [6.45, 7) is 0. The van der Waals surface area contributed by atoms with E-state index >= 15 is 0 Å². The van der Waals surface area contributed by atoms with Gasteiger partial charge in [0.25, 0.3) is 0 Å². The predicted molar refractivity (Wildman–Crippen MR) is 53.1 cm³/mol. The number of halogens is 3. The minimum absolute atomic E-state index is 0.0141. The van der Waals surface area contributed by atoms with Crippen LogP contribution in [0.5, 0.6) is 0 Å². The van der Waals surface area contributed by atoms with Crippen molar-refractivity contribution in [3.8, 4) is 6.07 Å². The Hall–Kier alpha value is -1.41. The Morgan fingerprint density at radius 1 is 1.47 bits per heavy atom. The van der Waals surface area contributed by atoms with E-state index in [1.54, 1.807) is 0 Å². The molecule has 0 spiro atoms. The Bertz CT molecular complexity index is 571. The van der Waals surface area contributed by atoms with Gasteiger partial charge in [0.15, 0.2) is 17.2 Å². The molecule has 0 fully saturated rings. The molecule has 2 nitrogen and oxygen atoms in total. The Labute approximate surface area is 92.2 Å². The normalized spacial score (nSPS) is 10.5. The molecule has 76 valence electrons. The van der Waals surface area contributed by atoms with Crippen LogP contribution in [0.1, 0.15) is 5.56 Å². The van der Waals surface area contributed by atoms with E-state index in [-0.39, 0.29) is 17.4 Å². The molecule has 2 rings (SSSR count). The molecule has 2 aromatic rings. The molecule has 0 saturated heterocycles. The molecule has 0 aliphatic heterocycles. The smallest absolute Gasteiger partial charge is 0.170 e. The van der Waals surface area contributed by atoms with Crippen molar-refractivity contribution >= 4 is 26.9 Å². The first kappa shape index (κ1) is 10.1. The van der Waals surface area contributed by atoms with Gasteiger partial charge in [-0.25, -0.2) is 8.78 Å². The minimum atomic E-state index is -0.979. The maximum atomic E-state index is 13.4. The highest BCUT2D eigenvalue weighted by molar-refractivity contribution is 9.10. The quantitative estimate of drug-likeness (QED) is 0.744. The molecular weight excluding hydrogens is 268 g/mol. The van der Waals surface area contributed by atoms with Gasteiger partial charge in [0.2, 0.25) is 0 Å². The summed E-state index contributed by atoms with van der Waals surface area (Å²) in [5.41, 5.74) is 0.573. The molecule has 0 aliphatic carbocycles. The van der Waals surface area contributed by atoms with Crippen LogP contribution in [0.4, 0.5) is 8.78 Å². The standard InChI is InChI=1S/C10H4BrF2NO/c11-6-3-7(12)9(13)8-5(1-2-14)4-15-10(6)8/h3-4H,1H2. The summed E-state index contributed by atoms with van der Waals surface area (Å²) < 4.78 is 31.9. The second kappa shape index (κ2) is 3.63. The van der Waals surface area contributed by atoms with Gasteiger partial charge in [0.05, 0.1) is 28.6 Å². The molecule has 0 amide bonds. The molecule has 0 unspecified atom stereocenters. The third-order valence-electron chi connectivity index (χ3n) is 2.04. The molecule has 0 bridgehead atoms. The van der Waals surface area contributed by atoms with Crippen LogP contribution < -0.4 is 0 Å². The lowest BCUT2D eigenvalue weighted by Gasteiger charge is -1.98. The molecule has 0 radical (unpaired) electrons. The van der Waals surface area contributed by atoms with Gasteiger partial charge in [-0.1, -0.05) is 0 Å². The van der Waals surface area contributed by atoms with E-state index < -0.39 is 11.6 Å². The zero-order valence-electron chi connectivity index (χ0n) is 7.35. The fraction of sp³-hybridized carbons (Fsp3) is 0.100. The number of nitrogens with zero attached hydrogens (tertiary/aromatic N) is 1.